The normalized spacial score (nSPS) is 10.0. The largest absolute Gasteiger partial charge is 0.366 e. The van der Waals surface area contributed by atoms with Crippen molar-refractivity contribution in [3.8, 4) is 6.07 Å². The lowest BCUT2D eigenvalue weighted by Crippen LogP contribution is -2.11. The van der Waals surface area contributed by atoms with Gasteiger partial charge in [0.25, 0.3) is 5.91 Å². The molecule has 2 aromatic carbocycles. The van der Waals surface area contributed by atoms with Crippen molar-refractivity contribution in [2.24, 2.45) is 0 Å². The Morgan fingerprint density at radius 1 is 1.08 bits per heavy atom. The van der Waals surface area contributed by atoms with Crippen LogP contribution in [0.3, 0.4) is 0 Å². The zero-order chi connectivity index (χ0) is 18.4. The summed E-state index contributed by atoms with van der Waals surface area (Å²) in [4.78, 5) is 19.9. The number of anilines is 2. The second-order valence-electron chi connectivity index (χ2n) is 5.41. The fraction of sp³-hybridized carbons (Fsp3) is 0.0526. The standard InChI is InChI=1S/C19H14FN5O/c20-15-5-3-14(4-6-15)19(26)25-16-7-1-13(2-8-16)11-22-18-9-17(10-21)23-12-24-18/h1-9,12H,11H2,(H,25,26)(H,22,23,24). The van der Waals surface area contributed by atoms with Gasteiger partial charge in [-0.15, -0.1) is 0 Å². The number of aromatic nitrogens is 2. The minimum atomic E-state index is -0.385. The quantitative estimate of drug-likeness (QED) is 0.738. The SMILES string of the molecule is N#Cc1cc(NCc2ccc(NC(=O)c3ccc(F)cc3)cc2)ncn1. The van der Waals surface area contributed by atoms with E-state index in [1.807, 2.05) is 18.2 Å². The number of nitrogens with zero attached hydrogens (tertiary/aromatic N) is 3. The molecule has 0 saturated carbocycles. The number of carbonyl (C=O) groups is 1. The van der Waals surface area contributed by atoms with Gasteiger partial charge in [0.05, 0.1) is 0 Å². The highest BCUT2D eigenvalue weighted by atomic mass is 19.1. The molecule has 26 heavy (non-hydrogen) atoms. The first-order valence-corrected chi connectivity index (χ1v) is 7.76. The van der Waals surface area contributed by atoms with E-state index in [0.717, 1.165) is 5.56 Å². The maximum atomic E-state index is 12.9. The van der Waals surface area contributed by atoms with Gasteiger partial charge in [-0.1, -0.05) is 12.1 Å². The first-order valence-electron chi connectivity index (χ1n) is 7.76. The van der Waals surface area contributed by atoms with Crippen LogP contribution in [0, 0.1) is 17.1 Å². The Kier molecular flexibility index (Phi) is 5.15. The van der Waals surface area contributed by atoms with E-state index in [4.69, 9.17) is 5.26 Å². The lowest BCUT2D eigenvalue weighted by molar-refractivity contribution is 0.102. The van der Waals surface area contributed by atoms with E-state index in [0.29, 0.717) is 29.3 Å². The molecule has 0 bridgehead atoms. The minimum absolute atomic E-state index is 0.293. The molecule has 0 unspecified atom stereocenters. The fourth-order valence-electron chi connectivity index (χ4n) is 2.22. The Morgan fingerprint density at radius 3 is 2.50 bits per heavy atom. The number of halogens is 1. The second-order valence-corrected chi connectivity index (χ2v) is 5.41. The van der Waals surface area contributed by atoms with Crippen molar-refractivity contribution in [2.45, 2.75) is 6.54 Å². The van der Waals surface area contributed by atoms with Crippen molar-refractivity contribution < 1.29 is 9.18 Å². The molecule has 0 aliphatic heterocycles. The zero-order valence-electron chi connectivity index (χ0n) is 13.6. The number of nitrogens with one attached hydrogen (secondary N) is 2. The summed E-state index contributed by atoms with van der Waals surface area (Å²) in [6, 6.07) is 16.1. The van der Waals surface area contributed by atoms with Crippen LogP contribution in [0.5, 0.6) is 0 Å². The van der Waals surface area contributed by atoms with Gasteiger partial charge in [-0.3, -0.25) is 4.79 Å². The zero-order valence-corrected chi connectivity index (χ0v) is 13.6. The minimum Gasteiger partial charge on any atom is -0.366 e. The average molecular weight is 347 g/mol. The summed E-state index contributed by atoms with van der Waals surface area (Å²) in [5, 5.41) is 14.7. The smallest absolute Gasteiger partial charge is 0.255 e. The molecular weight excluding hydrogens is 333 g/mol. The summed E-state index contributed by atoms with van der Waals surface area (Å²) >= 11 is 0. The number of nitriles is 1. The van der Waals surface area contributed by atoms with Gasteiger partial charge in [0.15, 0.2) is 0 Å². The molecule has 0 spiro atoms. The van der Waals surface area contributed by atoms with Gasteiger partial charge in [-0.2, -0.15) is 5.26 Å². The molecule has 2 N–H and O–H groups in total. The van der Waals surface area contributed by atoms with E-state index in [-0.39, 0.29) is 11.7 Å². The summed E-state index contributed by atoms with van der Waals surface area (Å²) in [5.74, 6) is -0.130. The molecule has 128 valence electrons. The molecule has 1 heterocycles. The van der Waals surface area contributed by atoms with Crippen molar-refractivity contribution in [1.82, 2.24) is 9.97 Å². The van der Waals surface area contributed by atoms with Crippen LogP contribution >= 0.6 is 0 Å². The third kappa shape index (κ3) is 4.39. The average Bonchev–Trinajstić information content (AvgIpc) is 2.68. The van der Waals surface area contributed by atoms with Gasteiger partial charge in [0.2, 0.25) is 0 Å². The molecule has 7 heteroatoms. The maximum Gasteiger partial charge on any atom is 0.255 e. The summed E-state index contributed by atoms with van der Waals surface area (Å²) in [6.07, 6.45) is 1.33. The Hall–Kier alpha value is -3.79. The van der Waals surface area contributed by atoms with Crippen LogP contribution in [0.15, 0.2) is 60.9 Å². The van der Waals surface area contributed by atoms with Gasteiger partial charge in [0.1, 0.15) is 29.7 Å². The van der Waals surface area contributed by atoms with Gasteiger partial charge < -0.3 is 10.6 Å². The first-order chi connectivity index (χ1) is 12.6. The predicted molar refractivity (Wildman–Crippen MR) is 94.9 cm³/mol. The van der Waals surface area contributed by atoms with Gasteiger partial charge in [-0.25, -0.2) is 14.4 Å². The number of rotatable bonds is 5. The second kappa shape index (κ2) is 7.85. The van der Waals surface area contributed by atoms with Crippen LogP contribution in [0.1, 0.15) is 21.6 Å². The highest BCUT2D eigenvalue weighted by molar-refractivity contribution is 6.04. The van der Waals surface area contributed by atoms with Crippen LogP contribution in [-0.2, 0) is 6.54 Å². The van der Waals surface area contributed by atoms with Crippen molar-refractivity contribution in [3.63, 3.8) is 0 Å². The number of hydrogen-bond acceptors (Lipinski definition) is 5. The molecule has 0 radical (unpaired) electrons. The van der Waals surface area contributed by atoms with E-state index in [1.165, 1.54) is 30.6 Å². The van der Waals surface area contributed by atoms with E-state index >= 15 is 0 Å². The van der Waals surface area contributed by atoms with Crippen LogP contribution in [-0.4, -0.2) is 15.9 Å². The van der Waals surface area contributed by atoms with Crippen LogP contribution in [0.25, 0.3) is 0 Å². The summed E-state index contributed by atoms with van der Waals surface area (Å²) < 4.78 is 12.9. The summed E-state index contributed by atoms with van der Waals surface area (Å²) in [6.45, 7) is 0.508. The van der Waals surface area contributed by atoms with Crippen molar-refractivity contribution >= 4 is 17.4 Å². The number of hydrogen-bond donors (Lipinski definition) is 2. The lowest BCUT2D eigenvalue weighted by atomic mass is 10.1. The highest BCUT2D eigenvalue weighted by Crippen LogP contribution is 2.13. The monoisotopic (exact) mass is 347 g/mol. The third-order valence-corrected chi connectivity index (χ3v) is 3.57. The van der Waals surface area contributed by atoms with Crippen molar-refractivity contribution in [1.29, 1.82) is 5.26 Å². The van der Waals surface area contributed by atoms with E-state index in [2.05, 4.69) is 20.6 Å². The Bertz CT molecular complexity index is 949. The molecule has 1 amide bonds. The molecular formula is C19H14FN5O. The summed E-state index contributed by atoms with van der Waals surface area (Å²) in [5.41, 5.74) is 2.29. The van der Waals surface area contributed by atoms with Crippen molar-refractivity contribution in [3.05, 3.63) is 83.6 Å². The molecule has 3 aromatic rings. The van der Waals surface area contributed by atoms with E-state index in [9.17, 15) is 9.18 Å². The van der Waals surface area contributed by atoms with E-state index < -0.39 is 0 Å². The van der Waals surface area contributed by atoms with E-state index in [1.54, 1.807) is 18.2 Å². The molecule has 0 aliphatic rings. The summed E-state index contributed by atoms with van der Waals surface area (Å²) in [7, 11) is 0. The predicted octanol–water partition coefficient (Wildman–Crippen LogP) is 3.35. The molecule has 0 saturated heterocycles. The first kappa shape index (κ1) is 17.0. The Morgan fingerprint density at radius 2 is 1.81 bits per heavy atom. The van der Waals surface area contributed by atoms with Gasteiger partial charge in [0, 0.05) is 23.9 Å². The van der Waals surface area contributed by atoms with Crippen LogP contribution in [0.4, 0.5) is 15.9 Å². The van der Waals surface area contributed by atoms with Gasteiger partial charge >= 0.3 is 0 Å². The number of benzene rings is 2. The topological polar surface area (TPSA) is 90.7 Å². The van der Waals surface area contributed by atoms with Gasteiger partial charge in [-0.05, 0) is 42.0 Å². The molecule has 1 aromatic heterocycles. The Labute approximate surface area is 149 Å². The number of carbonyl (C=O) groups excluding carboxylic acids is 1. The molecule has 0 aliphatic carbocycles. The molecule has 3 rings (SSSR count). The molecule has 0 fully saturated rings. The lowest BCUT2D eigenvalue weighted by Gasteiger charge is -2.08. The van der Waals surface area contributed by atoms with Crippen LogP contribution < -0.4 is 10.6 Å². The van der Waals surface area contributed by atoms with Crippen molar-refractivity contribution in [2.75, 3.05) is 10.6 Å². The number of amides is 1. The highest BCUT2D eigenvalue weighted by Gasteiger charge is 2.06. The maximum absolute atomic E-state index is 12.9. The molecule has 0 atom stereocenters. The Balaban J connectivity index is 1.58. The fourth-order valence-corrected chi connectivity index (χ4v) is 2.22. The molecule has 6 nitrogen and oxygen atoms in total. The third-order valence-electron chi connectivity index (χ3n) is 3.57. The van der Waals surface area contributed by atoms with Crippen LogP contribution in [0.2, 0.25) is 0 Å².